The van der Waals surface area contributed by atoms with E-state index in [2.05, 4.69) is 20.5 Å². The molecule has 13 heteroatoms. The van der Waals surface area contributed by atoms with E-state index in [9.17, 15) is 18.0 Å². The largest absolute Gasteiger partial charge is 0.461 e. The fraction of sp³-hybridized carbons (Fsp3) is 0.120. The summed E-state index contributed by atoms with van der Waals surface area (Å²) >= 11 is 9.10. The highest BCUT2D eigenvalue weighted by molar-refractivity contribution is 7.98. The van der Waals surface area contributed by atoms with Crippen molar-refractivity contribution in [2.24, 2.45) is 0 Å². The Balaban J connectivity index is 1.28. The number of alkyl halides is 3. The van der Waals surface area contributed by atoms with Crippen LogP contribution in [0.3, 0.4) is 0 Å². The van der Waals surface area contributed by atoms with Crippen molar-refractivity contribution < 1.29 is 22.4 Å². The molecule has 194 valence electrons. The number of amides is 1. The van der Waals surface area contributed by atoms with Gasteiger partial charge in [-0.25, -0.2) is 4.98 Å². The van der Waals surface area contributed by atoms with Gasteiger partial charge in [0.1, 0.15) is 10.7 Å². The average molecular weight is 576 g/mol. The zero-order chi connectivity index (χ0) is 26.7. The molecule has 0 saturated heterocycles. The molecule has 38 heavy (non-hydrogen) atoms. The van der Waals surface area contributed by atoms with Crippen LogP contribution in [-0.2, 0) is 18.5 Å². The number of para-hydroxylation sites is 1. The predicted molar refractivity (Wildman–Crippen MR) is 138 cm³/mol. The van der Waals surface area contributed by atoms with E-state index in [1.807, 2.05) is 18.2 Å². The number of rotatable bonds is 8. The van der Waals surface area contributed by atoms with Crippen LogP contribution >= 0.6 is 34.7 Å². The van der Waals surface area contributed by atoms with Gasteiger partial charge in [-0.15, -0.1) is 21.5 Å². The molecule has 0 unspecified atom stereocenters. The number of hydrogen-bond acceptors (Lipinski definition) is 7. The third-order valence-corrected chi connectivity index (χ3v) is 7.58. The number of hydrogen-bond donors (Lipinski definition) is 1. The Kier molecular flexibility index (Phi) is 7.54. The van der Waals surface area contributed by atoms with Gasteiger partial charge in [0.2, 0.25) is 5.82 Å². The van der Waals surface area contributed by atoms with Gasteiger partial charge in [0, 0.05) is 11.9 Å². The summed E-state index contributed by atoms with van der Waals surface area (Å²) in [4.78, 5) is 16.9. The van der Waals surface area contributed by atoms with E-state index in [0.717, 1.165) is 12.1 Å². The summed E-state index contributed by atoms with van der Waals surface area (Å²) < 4.78 is 46.1. The fourth-order valence-electron chi connectivity index (χ4n) is 3.52. The number of thioether (sulfide) groups is 1. The molecule has 0 aliphatic carbocycles. The van der Waals surface area contributed by atoms with Gasteiger partial charge >= 0.3 is 6.18 Å². The van der Waals surface area contributed by atoms with Gasteiger partial charge in [-0.1, -0.05) is 47.6 Å². The minimum absolute atomic E-state index is 0.0547. The SMILES string of the molecule is O=C(NCc1cccc(C(F)(F)F)c1)c1csc(CSc2nnc(-c3ccco3)n2-c2ccccc2Cl)n1. The molecule has 3 heterocycles. The van der Waals surface area contributed by atoms with Crippen LogP contribution in [0.4, 0.5) is 13.2 Å². The lowest BCUT2D eigenvalue weighted by atomic mass is 10.1. The highest BCUT2D eigenvalue weighted by atomic mass is 35.5. The molecule has 5 aromatic rings. The van der Waals surface area contributed by atoms with E-state index in [-0.39, 0.29) is 12.2 Å². The normalized spacial score (nSPS) is 11.6. The predicted octanol–water partition coefficient (Wildman–Crippen LogP) is 6.88. The Labute approximate surface area is 227 Å². The second kappa shape index (κ2) is 11.0. The number of carbonyl (C=O) groups excluding carboxylic acids is 1. The van der Waals surface area contributed by atoms with Gasteiger partial charge in [0.25, 0.3) is 5.91 Å². The van der Waals surface area contributed by atoms with Gasteiger partial charge < -0.3 is 9.73 Å². The molecule has 3 aromatic heterocycles. The number of nitrogens with zero attached hydrogens (tertiary/aromatic N) is 4. The summed E-state index contributed by atoms with van der Waals surface area (Å²) in [5, 5.41) is 14.5. The standard InChI is InChI=1S/C25H17ClF3N5O2S2/c26-17-7-1-2-8-19(17)34-22(20-9-4-10-36-20)32-33-24(34)38-14-21-31-18(13-37-21)23(35)30-12-15-5-3-6-16(11-15)25(27,28)29/h1-11,13H,12,14H2,(H,30,35). The van der Waals surface area contributed by atoms with Crippen LogP contribution in [0.2, 0.25) is 5.02 Å². The van der Waals surface area contributed by atoms with Crippen LogP contribution in [0.5, 0.6) is 0 Å². The molecular weight excluding hydrogens is 559 g/mol. The molecule has 1 N–H and O–H groups in total. The minimum atomic E-state index is -4.45. The van der Waals surface area contributed by atoms with Gasteiger partial charge in [-0.05, 0) is 42.0 Å². The van der Waals surface area contributed by atoms with E-state index in [0.29, 0.717) is 43.8 Å². The molecule has 0 fully saturated rings. The number of nitrogens with one attached hydrogen (secondary N) is 1. The first-order chi connectivity index (χ1) is 18.3. The zero-order valence-electron chi connectivity index (χ0n) is 19.3. The van der Waals surface area contributed by atoms with Crippen molar-refractivity contribution in [2.75, 3.05) is 0 Å². The molecule has 0 saturated carbocycles. The van der Waals surface area contributed by atoms with Crippen molar-refractivity contribution in [2.45, 2.75) is 23.6 Å². The van der Waals surface area contributed by atoms with E-state index in [4.69, 9.17) is 16.0 Å². The molecule has 0 spiro atoms. The zero-order valence-corrected chi connectivity index (χ0v) is 21.7. The Morgan fingerprint density at radius 3 is 2.71 bits per heavy atom. The summed E-state index contributed by atoms with van der Waals surface area (Å²) in [5.74, 6) is 0.929. The Morgan fingerprint density at radius 1 is 1.11 bits per heavy atom. The molecule has 0 bridgehead atoms. The maximum atomic E-state index is 12.9. The highest BCUT2D eigenvalue weighted by Gasteiger charge is 2.30. The topological polar surface area (TPSA) is 85.8 Å². The lowest BCUT2D eigenvalue weighted by Gasteiger charge is -2.10. The molecule has 2 aromatic carbocycles. The fourth-order valence-corrected chi connectivity index (χ4v) is 5.47. The van der Waals surface area contributed by atoms with Crippen molar-refractivity contribution in [3.63, 3.8) is 0 Å². The lowest BCUT2D eigenvalue weighted by molar-refractivity contribution is -0.137. The number of benzene rings is 2. The molecule has 0 aliphatic heterocycles. The molecule has 0 aliphatic rings. The van der Waals surface area contributed by atoms with Crippen LogP contribution in [0.25, 0.3) is 17.3 Å². The van der Waals surface area contributed by atoms with E-state index >= 15 is 0 Å². The minimum Gasteiger partial charge on any atom is -0.461 e. The van der Waals surface area contributed by atoms with Gasteiger partial charge in [0.05, 0.1) is 28.3 Å². The third-order valence-electron chi connectivity index (χ3n) is 5.28. The third kappa shape index (κ3) is 5.77. The van der Waals surface area contributed by atoms with Gasteiger partial charge in [0.15, 0.2) is 10.9 Å². The van der Waals surface area contributed by atoms with Gasteiger partial charge in [-0.3, -0.25) is 9.36 Å². The number of halogens is 4. The molecule has 7 nitrogen and oxygen atoms in total. The van der Waals surface area contributed by atoms with Crippen LogP contribution in [-0.4, -0.2) is 25.7 Å². The van der Waals surface area contributed by atoms with E-state index in [1.54, 1.807) is 34.4 Å². The Hall–Kier alpha value is -3.61. The monoisotopic (exact) mass is 575 g/mol. The number of carbonyl (C=O) groups is 1. The Morgan fingerprint density at radius 2 is 1.95 bits per heavy atom. The quantitative estimate of drug-likeness (QED) is 0.203. The maximum absolute atomic E-state index is 12.9. The lowest BCUT2D eigenvalue weighted by Crippen LogP contribution is -2.23. The number of aromatic nitrogens is 4. The smallest absolute Gasteiger partial charge is 0.416 e. The first-order valence-electron chi connectivity index (χ1n) is 11.1. The van der Waals surface area contributed by atoms with Crippen molar-refractivity contribution in [3.05, 3.63) is 99.2 Å². The van der Waals surface area contributed by atoms with Crippen LogP contribution < -0.4 is 5.32 Å². The second-order valence-electron chi connectivity index (χ2n) is 7.87. The second-order valence-corrected chi connectivity index (χ2v) is 10.2. The first-order valence-corrected chi connectivity index (χ1v) is 13.3. The summed E-state index contributed by atoms with van der Waals surface area (Å²) in [5.41, 5.74) is 0.436. The molecule has 5 rings (SSSR count). The molecule has 1 amide bonds. The average Bonchev–Trinajstić information content (AvgIpc) is 3.67. The summed E-state index contributed by atoms with van der Waals surface area (Å²) in [7, 11) is 0. The first kappa shape index (κ1) is 26.0. The Bertz CT molecular complexity index is 1570. The summed E-state index contributed by atoms with van der Waals surface area (Å²) in [6.07, 6.45) is -2.90. The summed E-state index contributed by atoms with van der Waals surface area (Å²) in [6, 6.07) is 15.6. The van der Waals surface area contributed by atoms with Crippen molar-refractivity contribution in [1.82, 2.24) is 25.1 Å². The molecular formula is C25H17ClF3N5O2S2. The molecule has 0 atom stereocenters. The van der Waals surface area contributed by atoms with Crippen molar-refractivity contribution in [3.8, 4) is 17.3 Å². The van der Waals surface area contributed by atoms with Crippen LogP contribution in [0.15, 0.2) is 81.9 Å². The maximum Gasteiger partial charge on any atom is 0.416 e. The van der Waals surface area contributed by atoms with E-state index < -0.39 is 17.6 Å². The summed E-state index contributed by atoms with van der Waals surface area (Å²) in [6.45, 7) is -0.0547. The molecule has 0 radical (unpaired) electrons. The van der Waals surface area contributed by atoms with Gasteiger partial charge in [-0.2, -0.15) is 13.2 Å². The van der Waals surface area contributed by atoms with E-state index in [1.165, 1.54) is 35.2 Å². The van der Waals surface area contributed by atoms with Crippen molar-refractivity contribution >= 4 is 40.6 Å². The highest BCUT2D eigenvalue weighted by Crippen LogP contribution is 2.33. The van der Waals surface area contributed by atoms with Crippen LogP contribution in [0, 0.1) is 0 Å². The number of thiazole rings is 1. The van der Waals surface area contributed by atoms with Crippen LogP contribution in [0.1, 0.15) is 26.6 Å². The van der Waals surface area contributed by atoms with Crippen molar-refractivity contribution in [1.29, 1.82) is 0 Å². The number of furan rings is 1.